The molecule has 2 aromatic rings. The van der Waals surface area contributed by atoms with E-state index in [4.69, 9.17) is 12.2 Å². The monoisotopic (exact) mass is 332 g/mol. The first-order valence-corrected chi connectivity index (χ1v) is 7.20. The molecule has 1 atom stereocenters. The van der Waals surface area contributed by atoms with Crippen molar-refractivity contribution in [1.82, 2.24) is 10.7 Å². The summed E-state index contributed by atoms with van der Waals surface area (Å²) in [6.45, 7) is 1.87. The Labute approximate surface area is 137 Å². The number of halogens is 1. The molecule has 1 heterocycles. The average molecular weight is 332 g/mol. The Morgan fingerprint density at radius 1 is 1.17 bits per heavy atom. The predicted octanol–water partition coefficient (Wildman–Crippen LogP) is 2.81. The first-order valence-electron chi connectivity index (χ1n) is 6.80. The van der Waals surface area contributed by atoms with Gasteiger partial charge in [0.25, 0.3) is 5.69 Å². The summed E-state index contributed by atoms with van der Waals surface area (Å²) in [6.07, 6.45) is 0. The molecule has 1 saturated heterocycles. The van der Waals surface area contributed by atoms with Gasteiger partial charge in [-0.1, -0.05) is 12.1 Å². The van der Waals surface area contributed by atoms with Crippen molar-refractivity contribution in [3.63, 3.8) is 0 Å². The minimum absolute atomic E-state index is 0.00752. The van der Waals surface area contributed by atoms with Gasteiger partial charge in [0.05, 0.1) is 10.6 Å². The van der Waals surface area contributed by atoms with Crippen LogP contribution in [0.3, 0.4) is 0 Å². The molecule has 1 unspecified atom stereocenters. The topological polar surface area (TPSA) is 70.4 Å². The third-order valence-electron chi connectivity index (χ3n) is 3.64. The molecule has 1 fully saturated rings. The van der Waals surface area contributed by atoms with Gasteiger partial charge in [0, 0.05) is 12.1 Å². The fourth-order valence-corrected chi connectivity index (χ4v) is 2.75. The molecule has 8 heteroatoms. The molecule has 2 aromatic carbocycles. The Hall–Kier alpha value is -2.58. The van der Waals surface area contributed by atoms with Crippen molar-refractivity contribution >= 4 is 28.7 Å². The minimum Gasteiger partial charge on any atom is -0.338 e. The van der Waals surface area contributed by atoms with Gasteiger partial charge in [-0.05, 0) is 49.0 Å². The number of non-ortho nitro benzene ring substituents is 1. The van der Waals surface area contributed by atoms with E-state index < -0.39 is 10.6 Å². The van der Waals surface area contributed by atoms with E-state index in [9.17, 15) is 14.5 Å². The SMILES string of the molecule is CC1(c2ccc(F)cc2)NC(=S)N(c2ccc([N+](=O)[O-])cc2)N1. The van der Waals surface area contributed by atoms with Crippen molar-refractivity contribution < 1.29 is 9.31 Å². The van der Waals surface area contributed by atoms with Gasteiger partial charge < -0.3 is 5.32 Å². The van der Waals surface area contributed by atoms with E-state index in [2.05, 4.69) is 10.7 Å². The van der Waals surface area contributed by atoms with Crippen LogP contribution in [-0.4, -0.2) is 10.0 Å². The highest BCUT2D eigenvalue weighted by Crippen LogP contribution is 2.27. The lowest BCUT2D eigenvalue weighted by Crippen LogP contribution is -2.45. The molecule has 0 aromatic heterocycles. The van der Waals surface area contributed by atoms with Crippen LogP contribution in [0.4, 0.5) is 15.8 Å². The number of hydrogen-bond acceptors (Lipinski definition) is 4. The zero-order valence-corrected chi connectivity index (χ0v) is 12.9. The number of nitrogens with one attached hydrogen (secondary N) is 2. The fourth-order valence-electron chi connectivity index (χ4n) is 2.40. The van der Waals surface area contributed by atoms with Crippen LogP contribution < -0.4 is 15.8 Å². The molecule has 0 radical (unpaired) electrons. The first-order chi connectivity index (χ1) is 10.9. The molecular formula is C15H13FN4O2S. The zero-order chi connectivity index (χ0) is 16.6. The van der Waals surface area contributed by atoms with E-state index in [1.165, 1.54) is 24.3 Å². The highest BCUT2D eigenvalue weighted by Gasteiger charge is 2.38. The third kappa shape index (κ3) is 2.86. The first kappa shape index (κ1) is 15.3. The Morgan fingerprint density at radius 3 is 2.35 bits per heavy atom. The maximum Gasteiger partial charge on any atom is 0.269 e. The fraction of sp³-hybridized carbons (Fsp3) is 0.133. The van der Waals surface area contributed by atoms with E-state index in [0.29, 0.717) is 10.8 Å². The number of rotatable bonds is 3. The van der Waals surface area contributed by atoms with Crippen LogP contribution in [-0.2, 0) is 5.66 Å². The van der Waals surface area contributed by atoms with Crippen molar-refractivity contribution in [3.05, 3.63) is 70.0 Å². The predicted molar refractivity (Wildman–Crippen MR) is 88.2 cm³/mol. The molecule has 118 valence electrons. The quantitative estimate of drug-likeness (QED) is 0.512. The van der Waals surface area contributed by atoms with Gasteiger partial charge in [-0.25, -0.2) is 9.40 Å². The molecular weight excluding hydrogens is 319 g/mol. The van der Waals surface area contributed by atoms with Gasteiger partial charge in [-0.2, -0.15) is 5.43 Å². The average Bonchev–Trinajstić information content (AvgIpc) is 2.84. The summed E-state index contributed by atoms with van der Waals surface area (Å²) < 4.78 is 13.1. The van der Waals surface area contributed by atoms with Crippen LogP contribution >= 0.6 is 12.2 Å². The summed E-state index contributed by atoms with van der Waals surface area (Å²) >= 11 is 5.33. The molecule has 2 N–H and O–H groups in total. The molecule has 0 aliphatic carbocycles. The van der Waals surface area contributed by atoms with Gasteiger partial charge in [0.2, 0.25) is 0 Å². The molecule has 0 spiro atoms. The van der Waals surface area contributed by atoms with Crippen molar-refractivity contribution in [2.75, 3.05) is 5.01 Å². The van der Waals surface area contributed by atoms with Gasteiger partial charge in [0.15, 0.2) is 5.11 Å². The second-order valence-electron chi connectivity index (χ2n) is 5.28. The summed E-state index contributed by atoms with van der Waals surface area (Å²) in [6, 6.07) is 12.1. The Kier molecular flexibility index (Phi) is 3.70. The van der Waals surface area contributed by atoms with Crippen LogP contribution in [0.1, 0.15) is 12.5 Å². The molecule has 0 saturated carbocycles. The lowest BCUT2D eigenvalue weighted by Gasteiger charge is -2.26. The molecule has 3 rings (SSSR count). The summed E-state index contributed by atoms with van der Waals surface area (Å²) in [7, 11) is 0. The third-order valence-corrected chi connectivity index (χ3v) is 3.92. The summed E-state index contributed by atoms with van der Waals surface area (Å²) in [5.74, 6) is -0.315. The molecule has 6 nitrogen and oxygen atoms in total. The largest absolute Gasteiger partial charge is 0.338 e. The Morgan fingerprint density at radius 2 is 1.78 bits per heavy atom. The van der Waals surface area contributed by atoms with Gasteiger partial charge in [-0.15, -0.1) is 0 Å². The Balaban J connectivity index is 1.87. The minimum atomic E-state index is -0.702. The molecule has 1 aliphatic heterocycles. The second kappa shape index (κ2) is 5.56. The van der Waals surface area contributed by atoms with Crippen molar-refractivity contribution in [2.24, 2.45) is 0 Å². The van der Waals surface area contributed by atoms with Crippen LogP contribution in [0.5, 0.6) is 0 Å². The molecule has 0 bridgehead atoms. The van der Waals surface area contributed by atoms with E-state index in [-0.39, 0.29) is 11.5 Å². The van der Waals surface area contributed by atoms with E-state index in [0.717, 1.165) is 5.56 Å². The van der Waals surface area contributed by atoms with Crippen LogP contribution in [0, 0.1) is 15.9 Å². The van der Waals surface area contributed by atoms with Gasteiger partial charge >= 0.3 is 0 Å². The maximum absolute atomic E-state index is 13.1. The number of hydrogen-bond donors (Lipinski definition) is 2. The maximum atomic E-state index is 13.1. The number of nitro groups is 1. The highest BCUT2D eigenvalue weighted by molar-refractivity contribution is 7.80. The van der Waals surface area contributed by atoms with Crippen LogP contribution in [0.25, 0.3) is 0 Å². The molecule has 0 amide bonds. The second-order valence-corrected chi connectivity index (χ2v) is 5.67. The van der Waals surface area contributed by atoms with Crippen LogP contribution in [0.2, 0.25) is 0 Å². The summed E-state index contributed by atoms with van der Waals surface area (Å²) in [5, 5.41) is 15.9. The lowest BCUT2D eigenvalue weighted by atomic mass is 10.0. The lowest BCUT2D eigenvalue weighted by molar-refractivity contribution is -0.384. The van der Waals surface area contributed by atoms with Gasteiger partial charge in [0.1, 0.15) is 11.5 Å². The number of hydrazine groups is 1. The van der Waals surface area contributed by atoms with E-state index in [1.807, 2.05) is 6.92 Å². The zero-order valence-electron chi connectivity index (χ0n) is 12.1. The highest BCUT2D eigenvalue weighted by atomic mass is 32.1. The normalized spacial score (nSPS) is 20.4. The van der Waals surface area contributed by atoms with Gasteiger partial charge in [-0.3, -0.25) is 10.1 Å². The van der Waals surface area contributed by atoms with Crippen molar-refractivity contribution in [2.45, 2.75) is 12.6 Å². The number of benzene rings is 2. The Bertz CT molecular complexity index is 766. The summed E-state index contributed by atoms with van der Waals surface area (Å²) in [5.41, 5.74) is 3.99. The number of thiocarbonyl (C=S) groups is 1. The standard InChI is InChI=1S/C15H13FN4O2S/c1-15(10-2-4-11(16)5-3-10)17-14(23)19(18-15)12-6-8-13(9-7-12)20(21)22/h2-9,18H,1H3,(H,17,23). The van der Waals surface area contributed by atoms with E-state index in [1.54, 1.807) is 29.3 Å². The summed E-state index contributed by atoms with van der Waals surface area (Å²) in [4.78, 5) is 10.3. The van der Waals surface area contributed by atoms with Crippen molar-refractivity contribution in [1.29, 1.82) is 0 Å². The number of anilines is 1. The number of nitro benzene ring substituents is 1. The van der Waals surface area contributed by atoms with Crippen LogP contribution in [0.15, 0.2) is 48.5 Å². The smallest absolute Gasteiger partial charge is 0.269 e. The molecule has 1 aliphatic rings. The van der Waals surface area contributed by atoms with E-state index >= 15 is 0 Å². The number of nitrogens with zero attached hydrogens (tertiary/aromatic N) is 2. The molecule has 23 heavy (non-hydrogen) atoms. The van der Waals surface area contributed by atoms with Crippen molar-refractivity contribution in [3.8, 4) is 0 Å².